The quantitative estimate of drug-likeness (QED) is 0.753. The van der Waals surface area contributed by atoms with Crippen molar-refractivity contribution in [3.05, 3.63) is 35.2 Å². The largest absolute Gasteiger partial charge is 0.309 e. The van der Waals surface area contributed by atoms with E-state index in [-0.39, 0.29) is 5.91 Å². The predicted octanol–water partition coefficient (Wildman–Crippen LogP) is 4.34. The minimum Gasteiger partial charge on any atom is -0.309 e. The molecule has 0 bridgehead atoms. The van der Waals surface area contributed by atoms with Gasteiger partial charge in [0.15, 0.2) is 5.82 Å². The van der Waals surface area contributed by atoms with Crippen LogP contribution in [0.3, 0.4) is 0 Å². The van der Waals surface area contributed by atoms with Crippen LogP contribution in [0.1, 0.15) is 25.3 Å². The summed E-state index contributed by atoms with van der Waals surface area (Å²) in [6, 6.07) is 8.32. The van der Waals surface area contributed by atoms with Crippen LogP contribution in [0.4, 0.5) is 5.82 Å². The molecule has 5 heteroatoms. The minimum atomic E-state index is 0.00357. The average Bonchev–Trinajstić information content (AvgIpc) is 3.06. The summed E-state index contributed by atoms with van der Waals surface area (Å²) in [4.78, 5) is 12.9. The fourth-order valence-electron chi connectivity index (χ4n) is 2.27. The number of thiophene rings is 1. The fraction of sp³-hybridized carbons (Fsp3) is 0.250. The zero-order valence-corrected chi connectivity index (χ0v) is 12.9. The highest BCUT2D eigenvalue weighted by molar-refractivity contribution is 7.13. The van der Waals surface area contributed by atoms with Crippen LogP contribution in [0, 0.1) is 6.92 Å². The van der Waals surface area contributed by atoms with E-state index < -0.39 is 0 Å². The van der Waals surface area contributed by atoms with Crippen molar-refractivity contribution in [3.8, 4) is 10.4 Å². The Morgan fingerprint density at radius 2 is 2.24 bits per heavy atom. The number of fused-ring (bicyclic) bond motifs is 1. The number of hydrogen-bond acceptors (Lipinski definition) is 3. The normalized spacial score (nSPS) is 11.0. The Bertz CT molecular complexity index is 788. The lowest BCUT2D eigenvalue weighted by molar-refractivity contribution is -0.116. The van der Waals surface area contributed by atoms with Gasteiger partial charge in [-0.25, -0.2) is 0 Å². The molecule has 1 aromatic carbocycles. The molecule has 0 atom stereocenters. The molecule has 2 aromatic heterocycles. The van der Waals surface area contributed by atoms with Crippen molar-refractivity contribution in [1.29, 1.82) is 0 Å². The summed E-state index contributed by atoms with van der Waals surface area (Å²) in [6.45, 7) is 4.08. The second-order valence-corrected chi connectivity index (χ2v) is 6.03. The van der Waals surface area contributed by atoms with E-state index in [9.17, 15) is 4.79 Å². The van der Waals surface area contributed by atoms with Crippen LogP contribution in [0.25, 0.3) is 21.3 Å². The Kier molecular flexibility index (Phi) is 3.75. The van der Waals surface area contributed by atoms with Crippen molar-refractivity contribution in [2.24, 2.45) is 0 Å². The molecule has 0 saturated carbocycles. The number of carbonyl (C=O) groups is 1. The lowest BCUT2D eigenvalue weighted by Gasteiger charge is -2.01. The fourth-order valence-corrected chi connectivity index (χ4v) is 3.17. The van der Waals surface area contributed by atoms with Crippen molar-refractivity contribution in [2.45, 2.75) is 26.7 Å². The van der Waals surface area contributed by atoms with Crippen LogP contribution < -0.4 is 5.32 Å². The van der Waals surface area contributed by atoms with Gasteiger partial charge >= 0.3 is 0 Å². The first-order valence-electron chi connectivity index (χ1n) is 7.01. The number of anilines is 1. The van der Waals surface area contributed by atoms with Gasteiger partial charge < -0.3 is 5.32 Å². The summed E-state index contributed by atoms with van der Waals surface area (Å²) in [5.74, 6) is 0.612. The maximum atomic E-state index is 11.7. The standard InChI is InChI=1S/C16H17N3OS/c1-3-4-15(20)17-16-12-6-5-11(8-13(12)18-19-16)14-7-10(2)9-21-14/h5-9H,3-4H2,1-2H3,(H2,17,18,19,20). The average molecular weight is 299 g/mol. The van der Waals surface area contributed by atoms with Gasteiger partial charge in [0, 0.05) is 16.7 Å². The van der Waals surface area contributed by atoms with Crippen LogP contribution in [0.5, 0.6) is 0 Å². The molecule has 0 aliphatic rings. The van der Waals surface area contributed by atoms with E-state index in [0.717, 1.165) is 22.9 Å². The number of hydrogen-bond donors (Lipinski definition) is 2. The van der Waals surface area contributed by atoms with Crippen molar-refractivity contribution in [3.63, 3.8) is 0 Å². The van der Waals surface area contributed by atoms with Gasteiger partial charge in [0.25, 0.3) is 0 Å². The molecular formula is C16H17N3OS. The first-order valence-corrected chi connectivity index (χ1v) is 7.89. The zero-order chi connectivity index (χ0) is 14.8. The molecule has 108 valence electrons. The number of benzene rings is 1. The zero-order valence-electron chi connectivity index (χ0n) is 12.1. The van der Waals surface area contributed by atoms with Crippen LogP contribution in [0.2, 0.25) is 0 Å². The molecule has 0 unspecified atom stereocenters. The van der Waals surface area contributed by atoms with Gasteiger partial charge in [-0.05, 0) is 48.1 Å². The minimum absolute atomic E-state index is 0.00357. The van der Waals surface area contributed by atoms with E-state index in [1.807, 2.05) is 13.0 Å². The highest BCUT2D eigenvalue weighted by Gasteiger charge is 2.10. The van der Waals surface area contributed by atoms with E-state index >= 15 is 0 Å². The lowest BCUT2D eigenvalue weighted by atomic mass is 10.1. The van der Waals surface area contributed by atoms with E-state index in [4.69, 9.17) is 0 Å². The predicted molar refractivity (Wildman–Crippen MR) is 87.7 cm³/mol. The van der Waals surface area contributed by atoms with E-state index in [1.54, 1.807) is 11.3 Å². The molecule has 21 heavy (non-hydrogen) atoms. The number of rotatable bonds is 4. The van der Waals surface area contributed by atoms with Crippen LogP contribution in [-0.2, 0) is 4.79 Å². The Morgan fingerprint density at radius 1 is 1.38 bits per heavy atom. The molecule has 4 nitrogen and oxygen atoms in total. The number of carbonyl (C=O) groups excluding carboxylic acids is 1. The van der Waals surface area contributed by atoms with Crippen LogP contribution in [0.15, 0.2) is 29.6 Å². The first-order chi connectivity index (χ1) is 10.2. The summed E-state index contributed by atoms with van der Waals surface area (Å²) in [7, 11) is 0. The second-order valence-electron chi connectivity index (χ2n) is 5.12. The van der Waals surface area contributed by atoms with E-state index in [1.165, 1.54) is 10.4 Å². The van der Waals surface area contributed by atoms with Gasteiger partial charge in [-0.2, -0.15) is 5.10 Å². The van der Waals surface area contributed by atoms with E-state index in [2.05, 4.69) is 46.0 Å². The highest BCUT2D eigenvalue weighted by Crippen LogP contribution is 2.30. The molecule has 0 spiro atoms. The third-order valence-corrected chi connectivity index (χ3v) is 4.41. The number of H-pyrrole nitrogens is 1. The van der Waals surface area contributed by atoms with Crippen molar-refractivity contribution in [1.82, 2.24) is 10.2 Å². The molecule has 0 saturated heterocycles. The van der Waals surface area contributed by atoms with Crippen molar-refractivity contribution >= 4 is 34.0 Å². The molecule has 2 heterocycles. The topological polar surface area (TPSA) is 57.8 Å². The number of nitrogens with zero attached hydrogens (tertiary/aromatic N) is 1. The second kappa shape index (κ2) is 5.69. The molecule has 3 aromatic rings. The summed E-state index contributed by atoms with van der Waals surface area (Å²) in [6.07, 6.45) is 1.34. The summed E-state index contributed by atoms with van der Waals surface area (Å²) < 4.78 is 0. The number of aromatic nitrogens is 2. The van der Waals surface area contributed by atoms with Gasteiger partial charge in [0.1, 0.15) is 0 Å². The van der Waals surface area contributed by atoms with Gasteiger partial charge in [-0.3, -0.25) is 9.89 Å². The maximum absolute atomic E-state index is 11.7. The van der Waals surface area contributed by atoms with Crippen molar-refractivity contribution in [2.75, 3.05) is 5.32 Å². The Hall–Kier alpha value is -2.14. The van der Waals surface area contributed by atoms with Crippen LogP contribution >= 0.6 is 11.3 Å². The lowest BCUT2D eigenvalue weighted by Crippen LogP contribution is -2.10. The number of amides is 1. The van der Waals surface area contributed by atoms with Crippen molar-refractivity contribution < 1.29 is 4.79 Å². The number of aryl methyl sites for hydroxylation is 1. The maximum Gasteiger partial charge on any atom is 0.225 e. The van der Waals surface area contributed by atoms with Crippen LogP contribution in [-0.4, -0.2) is 16.1 Å². The Morgan fingerprint density at radius 3 is 2.95 bits per heavy atom. The number of nitrogens with one attached hydrogen (secondary N) is 2. The molecule has 0 radical (unpaired) electrons. The van der Waals surface area contributed by atoms with Gasteiger partial charge in [0.2, 0.25) is 5.91 Å². The molecule has 3 rings (SSSR count). The van der Waals surface area contributed by atoms with E-state index in [0.29, 0.717) is 12.2 Å². The summed E-state index contributed by atoms with van der Waals surface area (Å²) >= 11 is 1.73. The molecular weight excluding hydrogens is 282 g/mol. The van der Waals surface area contributed by atoms with Gasteiger partial charge in [0.05, 0.1) is 5.52 Å². The molecule has 0 aliphatic heterocycles. The smallest absolute Gasteiger partial charge is 0.225 e. The monoisotopic (exact) mass is 299 g/mol. The number of aromatic amines is 1. The summed E-state index contributed by atoms with van der Waals surface area (Å²) in [5.41, 5.74) is 3.37. The molecule has 0 fully saturated rings. The summed E-state index contributed by atoms with van der Waals surface area (Å²) in [5, 5.41) is 13.1. The molecule has 0 aliphatic carbocycles. The first kappa shape index (κ1) is 13.8. The van der Waals surface area contributed by atoms with Gasteiger partial charge in [-0.15, -0.1) is 11.3 Å². The third kappa shape index (κ3) is 2.83. The Labute approximate surface area is 127 Å². The SMILES string of the molecule is CCCC(=O)Nc1n[nH]c2cc(-c3cc(C)cs3)ccc12. The Balaban J connectivity index is 1.92. The van der Waals surface area contributed by atoms with Gasteiger partial charge in [-0.1, -0.05) is 13.0 Å². The molecule has 1 amide bonds. The highest BCUT2D eigenvalue weighted by atomic mass is 32.1. The molecule has 2 N–H and O–H groups in total. The third-order valence-electron chi connectivity index (χ3n) is 3.31.